The number of furan rings is 1. The van der Waals surface area contributed by atoms with Crippen LogP contribution in [0.1, 0.15) is 31.9 Å². The first kappa shape index (κ1) is 13.3. The Bertz CT molecular complexity index is 540. The molecule has 1 saturated carbocycles. The highest BCUT2D eigenvalue weighted by atomic mass is 16.5. The fourth-order valence-electron chi connectivity index (χ4n) is 2.20. The summed E-state index contributed by atoms with van der Waals surface area (Å²) in [5, 5.41) is 3.37. The zero-order chi connectivity index (χ0) is 13.8. The van der Waals surface area contributed by atoms with Crippen molar-refractivity contribution in [2.45, 2.75) is 38.8 Å². The standard InChI is InChI=1S/C17H21NO2/c1-2-10-18-12-17-16(9-11-19-17)13-3-5-14(6-4-13)20-15-7-8-15/h3-6,9,11,15,18H,2,7-8,10,12H2,1H3. The summed E-state index contributed by atoms with van der Waals surface area (Å²) in [6, 6.07) is 10.3. The van der Waals surface area contributed by atoms with Crippen LogP contribution in [-0.4, -0.2) is 12.6 Å². The Hall–Kier alpha value is -1.74. The zero-order valence-corrected chi connectivity index (χ0v) is 11.9. The lowest BCUT2D eigenvalue weighted by Crippen LogP contribution is -2.13. The highest BCUT2D eigenvalue weighted by Crippen LogP contribution is 2.30. The number of nitrogens with one attached hydrogen (secondary N) is 1. The van der Waals surface area contributed by atoms with Crippen LogP contribution in [0, 0.1) is 0 Å². The van der Waals surface area contributed by atoms with Gasteiger partial charge in [0.1, 0.15) is 11.5 Å². The monoisotopic (exact) mass is 271 g/mol. The quantitative estimate of drug-likeness (QED) is 0.773. The molecule has 1 heterocycles. The first-order valence-electron chi connectivity index (χ1n) is 7.41. The predicted octanol–water partition coefficient (Wildman–Crippen LogP) is 3.99. The summed E-state index contributed by atoms with van der Waals surface area (Å²) in [7, 11) is 0. The van der Waals surface area contributed by atoms with Crippen molar-refractivity contribution in [1.29, 1.82) is 0 Å². The molecule has 106 valence electrons. The molecule has 1 aliphatic carbocycles. The van der Waals surface area contributed by atoms with Gasteiger partial charge in [-0.15, -0.1) is 0 Å². The van der Waals surface area contributed by atoms with Gasteiger partial charge in [0.15, 0.2) is 0 Å². The van der Waals surface area contributed by atoms with Gasteiger partial charge in [-0.05, 0) is 49.6 Å². The van der Waals surface area contributed by atoms with E-state index < -0.39 is 0 Å². The first-order valence-corrected chi connectivity index (χ1v) is 7.41. The molecule has 0 amide bonds. The van der Waals surface area contributed by atoms with Gasteiger partial charge in [-0.25, -0.2) is 0 Å². The number of hydrogen-bond donors (Lipinski definition) is 1. The molecular formula is C17H21NO2. The molecule has 1 aliphatic rings. The number of hydrogen-bond acceptors (Lipinski definition) is 3. The summed E-state index contributed by atoms with van der Waals surface area (Å²) in [5.74, 6) is 1.96. The van der Waals surface area contributed by atoms with E-state index in [0.29, 0.717) is 6.10 Å². The van der Waals surface area contributed by atoms with Crippen molar-refractivity contribution in [3.63, 3.8) is 0 Å². The third-order valence-electron chi connectivity index (χ3n) is 3.45. The molecule has 0 aliphatic heterocycles. The lowest BCUT2D eigenvalue weighted by Gasteiger charge is -2.07. The fourth-order valence-corrected chi connectivity index (χ4v) is 2.20. The van der Waals surface area contributed by atoms with E-state index in [2.05, 4.69) is 24.4 Å². The van der Waals surface area contributed by atoms with E-state index in [1.165, 1.54) is 18.4 Å². The molecule has 0 bridgehead atoms. The maximum Gasteiger partial charge on any atom is 0.125 e. The van der Waals surface area contributed by atoms with Crippen molar-refractivity contribution >= 4 is 0 Å². The van der Waals surface area contributed by atoms with E-state index in [1.54, 1.807) is 6.26 Å². The van der Waals surface area contributed by atoms with Crippen molar-refractivity contribution in [2.24, 2.45) is 0 Å². The van der Waals surface area contributed by atoms with E-state index in [1.807, 2.05) is 18.2 Å². The number of rotatable bonds is 7. The van der Waals surface area contributed by atoms with Crippen molar-refractivity contribution in [3.8, 4) is 16.9 Å². The van der Waals surface area contributed by atoms with Gasteiger partial charge in [-0.3, -0.25) is 0 Å². The Morgan fingerprint density at radius 3 is 2.70 bits per heavy atom. The lowest BCUT2D eigenvalue weighted by atomic mass is 10.1. The topological polar surface area (TPSA) is 34.4 Å². The van der Waals surface area contributed by atoms with E-state index >= 15 is 0 Å². The van der Waals surface area contributed by atoms with Crippen molar-refractivity contribution in [1.82, 2.24) is 5.32 Å². The van der Waals surface area contributed by atoms with Crippen LogP contribution in [0.15, 0.2) is 41.0 Å². The third kappa shape index (κ3) is 3.23. The summed E-state index contributed by atoms with van der Waals surface area (Å²) in [6.07, 6.45) is 5.72. The van der Waals surface area contributed by atoms with Crippen molar-refractivity contribution in [3.05, 3.63) is 42.4 Å². The van der Waals surface area contributed by atoms with Gasteiger partial charge >= 0.3 is 0 Å². The van der Waals surface area contributed by atoms with Crippen molar-refractivity contribution < 1.29 is 9.15 Å². The Balaban J connectivity index is 1.69. The van der Waals surface area contributed by atoms with Crippen LogP contribution in [-0.2, 0) is 6.54 Å². The molecule has 0 spiro atoms. The molecule has 0 saturated heterocycles. The SMILES string of the molecule is CCCNCc1occc1-c1ccc(OC2CC2)cc1. The molecular weight excluding hydrogens is 250 g/mol. The molecule has 0 atom stereocenters. The van der Waals surface area contributed by atoms with Crippen LogP contribution >= 0.6 is 0 Å². The van der Waals surface area contributed by atoms with Gasteiger partial charge in [0.05, 0.1) is 18.9 Å². The second-order valence-electron chi connectivity index (χ2n) is 5.28. The van der Waals surface area contributed by atoms with Crippen LogP contribution in [0.4, 0.5) is 0 Å². The maximum atomic E-state index is 5.77. The molecule has 1 aromatic heterocycles. The summed E-state index contributed by atoms with van der Waals surface area (Å²) in [4.78, 5) is 0. The zero-order valence-electron chi connectivity index (χ0n) is 11.9. The van der Waals surface area contributed by atoms with E-state index in [9.17, 15) is 0 Å². The third-order valence-corrected chi connectivity index (χ3v) is 3.45. The van der Waals surface area contributed by atoms with Crippen LogP contribution in [0.25, 0.3) is 11.1 Å². The van der Waals surface area contributed by atoms with E-state index in [4.69, 9.17) is 9.15 Å². The summed E-state index contributed by atoms with van der Waals surface area (Å²) >= 11 is 0. The average molecular weight is 271 g/mol. The minimum Gasteiger partial charge on any atom is -0.490 e. The molecule has 1 aromatic carbocycles. The van der Waals surface area contributed by atoms with Gasteiger partial charge in [0, 0.05) is 5.56 Å². The molecule has 1 N–H and O–H groups in total. The Morgan fingerprint density at radius 1 is 1.20 bits per heavy atom. The summed E-state index contributed by atoms with van der Waals surface area (Å²) in [6.45, 7) is 3.94. The second-order valence-corrected chi connectivity index (χ2v) is 5.28. The smallest absolute Gasteiger partial charge is 0.125 e. The average Bonchev–Trinajstić information content (AvgIpc) is 3.16. The van der Waals surface area contributed by atoms with Gasteiger partial charge in [0.25, 0.3) is 0 Å². The minimum atomic E-state index is 0.448. The van der Waals surface area contributed by atoms with Gasteiger partial charge in [-0.1, -0.05) is 19.1 Å². The summed E-state index contributed by atoms with van der Waals surface area (Å²) in [5.41, 5.74) is 2.33. The second kappa shape index (κ2) is 6.14. The fraction of sp³-hybridized carbons (Fsp3) is 0.412. The molecule has 2 aromatic rings. The number of benzene rings is 1. The Kier molecular flexibility index (Phi) is 4.07. The van der Waals surface area contributed by atoms with Crippen LogP contribution in [0.2, 0.25) is 0 Å². The molecule has 0 radical (unpaired) electrons. The Labute approximate surface area is 119 Å². The van der Waals surface area contributed by atoms with Crippen molar-refractivity contribution in [2.75, 3.05) is 6.54 Å². The normalized spacial score (nSPS) is 14.4. The van der Waals surface area contributed by atoms with Gasteiger partial charge < -0.3 is 14.5 Å². The molecule has 3 nitrogen and oxygen atoms in total. The van der Waals surface area contributed by atoms with Crippen LogP contribution < -0.4 is 10.1 Å². The predicted molar refractivity (Wildman–Crippen MR) is 79.8 cm³/mol. The maximum absolute atomic E-state index is 5.77. The lowest BCUT2D eigenvalue weighted by molar-refractivity contribution is 0.303. The highest BCUT2D eigenvalue weighted by Gasteiger charge is 2.23. The summed E-state index contributed by atoms with van der Waals surface area (Å²) < 4.78 is 11.3. The van der Waals surface area contributed by atoms with E-state index in [-0.39, 0.29) is 0 Å². The van der Waals surface area contributed by atoms with Gasteiger partial charge in [-0.2, -0.15) is 0 Å². The number of ether oxygens (including phenoxy) is 1. The first-order chi connectivity index (χ1) is 9.86. The molecule has 20 heavy (non-hydrogen) atoms. The van der Waals surface area contributed by atoms with Crippen LogP contribution in [0.3, 0.4) is 0 Å². The highest BCUT2D eigenvalue weighted by molar-refractivity contribution is 5.66. The largest absolute Gasteiger partial charge is 0.490 e. The molecule has 3 heteroatoms. The van der Waals surface area contributed by atoms with Gasteiger partial charge in [0.2, 0.25) is 0 Å². The molecule has 1 fully saturated rings. The van der Waals surface area contributed by atoms with E-state index in [0.717, 1.165) is 36.6 Å². The molecule has 0 unspecified atom stereocenters. The minimum absolute atomic E-state index is 0.448. The van der Waals surface area contributed by atoms with Crippen LogP contribution in [0.5, 0.6) is 5.75 Å². The Morgan fingerprint density at radius 2 is 2.00 bits per heavy atom. The molecule has 3 rings (SSSR count).